The van der Waals surface area contributed by atoms with E-state index in [1.165, 1.54) is 0 Å². The van der Waals surface area contributed by atoms with Crippen LogP contribution in [0.25, 0.3) is 0 Å². The van der Waals surface area contributed by atoms with Crippen molar-refractivity contribution in [2.45, 2.75) is 19.9 Å². The second-order valence-corrected chi connectivity index (χ2v) is 3.52. The smallest absolute Gasteiger partial charge is 0.148 e. The van der Waals surface area contributed by atoms with Gasteiger partial charge in [0, 0.05) is 24.6 Å². The summed E-state index contributed by atoms with van der Waals surface area (Å²) in [5, 5.41) is 7.34. The zero-order chi connectivity index (χ0) is 10.7. The van der Waals surface area contributed by atoms with Crippen LogP contribution in [0.1, 0.15) is 19.9 Å². The van der Waals surface area contributed by atoms with Gasteiger partial charge in [-0.1, -0.05) is 0 Å². The number of rotatable bonds is 3. The van der Waals surface area contributed by atoms with Crippen LogP contribution in [0.2, 0.25) is 0 Å². The van der Waals surface area contributed by atoms with E-state index in [4.69, 9.17) is 0 Å². The molecule has 78 valence electrons. The Morgan fingerprint density at radius 3 is 2.73 bits per heavy atom. The second-order valence-electron chi connectivity index (χ2n) is 3.52. The number of nitrogens with one attached hydrogen (secondary N) is 1. The quantitative estimate of drug-likeness (QED) is 0.828. The number of anilines is 2. The molecule has 1 N–H and O–H groups in total. The molecule has 0 unspecified atom stereocenters. The van der Waals surface area contributed by atoms with Gasteiger partial charge in [0.05, 0.1) is 18.1 Å². The second kappa shape index (κ2) is 4.08. The molecule has 2 heterocycles. The van der Waals surface area contributed by atoms with Gasteiger partial charge >= 0.3 is 0 Å². The van der Waals surface area contributed by atoms with E-state index in [0.29, 0.717) is 6.04 Å². The summed E-state index contributed by atoms with van der Waals surface area (Å²) in [4.78, 5) is 8.09. The summed E-state index contributed by atoms with van der Waals surface area (Å²) in [5.74, 6) is 0.723. The summed E-state index contributed by atoms with van der Waals surface area (Å²) >= 11 is 0. The molecule has 0 aliphatic rings. The van der Waals surface area contributed by atoms with Gasteiger partial charge in [-0.25, -0.2) is 4.98 Å². The van der Waals surface area contributed by atoms with Crippen LogP contribution in [0, 0.1) is 0 Å². The maximum Gasteiger partial charge on any atom is 0.148 e. The van der Waals surface area contributed by atoms with E-state index in [2.05, 4.69) is 34.2 Å². The van der Waals surface area contributed by atoms with E-state index in [0.717, 1.165) is 11.5 Å². The molecule has 0 spiro atoms. The standard InChI is InChI=1S/C10H13N5/c1-8(2)15-7-9(5-13-15)14-10-6-11-3-4-12-10/h3-8H,1-2H3,(H,12,14). The molecule has 0 saturated carbocycles. The van der Waals surface area contributed by atoms with Crippen LogP contribution in [-0.2, 0) is 0 Å². The first kappa shape index (κ1) is 9.64. The number of aromatic nitrogens is 4. The van der Waals surface area contributed by atoms with E-state index >= 15 is 0 Å². The van der Waals surface area contributed by atoms with Gasteiger partial charge in [0.25, 0.3) is 0 Å². The molecule has 0 fully saturated rings. The van der Waals surface area contributed by atoms with Crippen molar-refractivity contribution in [2.75, 3.05) is 5.32 Å². The zero-order valence-electron chi connectivity index (χ0n) is 8.75. The highest BCUT2D eigenvalue weighted by molar-refractivity contribution is 5.52. The summed E-state index contributed by atoms with van der Waals surface area (Å²) in [5.41, 5.74) is 0.921. The Kier molecular flexibility index (Phi) is 2.62. The van der Waals surface area contributed by atoms with Crippen molar-refractivity contribution in [3.8, 4) is 0 Å². The molecule has 0 bridgehead atoms. The van der Waals surface area contributed by atoms with Gasteiger partial charge in [0.1, 0.15) is 5.82 Å². The predicted octanol–water partition coefficient (Wildman–Crippen LogP) is 2.00. The maximum absolute atomic E-state index is 4.22. The Labute approximate surface area is 88.2 Å². The average Bonchev–Trinajstić information content (AvgIpc) is 2.68. The van der Waals surface area contributed by atoms with Crippen molar-refractivity contribution in [1.29, 1.82) is 0 Å². The van der Waals surface area contributed by atoms with Crippen molar-refractivity contribution in [1.82, 2.24) is 19.7 Å². The van der Waals surface area contributed by atoms with E-state index < -0.39 is 0 Å². The van der Waals surface area contributed by atoms with Crippen LogP contribution in [-0.4, -0.2) is 19.7 Å². The van der Waals surface area contributed by atoms with Gasteiger partial charge in [0.15, 0.2) is 0 Å². The molecule has 0 saturated heterocycles. The lowest BCUT2D eigenvalue weighted by Crippen LogP contribution is -2.00. The van der Waals surface area contributed by atoms with Crippen molar-refractivity contribution < 1.29 is 0 Å². The fourth-order valence-electron chi connectivity index (χ4n) is 1.20. The molecule has 0 aliphatic heterocycles. The molecule has 0 aliphatic carbocycles. The van der Waals surface area contributed by atoms with Gasteiger partial charge in [0.2, 0.25) is 0 Å². The highest BCUT2D eigenvalue weighted by atomic mass is 15.3. The molecule has 2 aromatic heterocycles. The fraction of sp³-hybridized carbons (Fsp3) is 0.300. The van der Waals surface area contributed by atoms with Crippen LogP contribution < -0.4 is 5.32 Å². The van der Waals surface area contributed by atoms with Gasteiger partial charge in [-0.3, -0.25) is 9.67 Å². The molecular formula is C10H13N5. The summed E-state index contributed by atoms with van der Waals surface area (Å²) < 4.78 is 1.89. The number of hydrogen-bond acceptors (Lipinski definition) is 4. The first-order chi connectivity index (χ1) is 7.25. The molecule has 0 radical (unpaired) electrons. The minimum absolute atomic E-state index is 0.363. The topological polar surface area (TPSA) is 55.6 Å². The van der Waals surface area contributed by atoms with E-state index in [1.807, 2.05) is 10.9 Å². The summed E-state index contributed by atoms with van der Waals surface area (Å²) in [6.07, 6.45) is 8.68. The minimum Gasteiger partial charge on any atom is -0.336 e. The molecule has 0 atom stereocenters. The van der Waals surface area contributed by atoms with Crippen molar-refractivity contribution in [3.05, 3.63) is 31.0 Å². The molecule has 0 aromatic carbocycles. The normalized spacial score (nSPS) is 10.6. The highest BCUT2D eigenvalue weighted by Crippen LogP contribution is 2.13. The van der Waals surface area contributed by atoms with Gasteiger partial charge in [-0.2, -0.15) is 5.10 Å². The Balaban J connectivity index is 2.12. The third-order valence-electron chi connectivity index (χ3n) is 1.97. The molecule has 15 heavy (non-hydrogen) atoms. The Bertz CT molecular complexity index is 420. The predicted molar refractivity (Wildman–Crippen MR) is 57.9 cm³/mol. The van der Waals surface area contributed by atoms with Gasteiger partial charge in [-0.05, 0) is 13.8 Å². The highest BCUT2D eigenvalue weighted by Gasteiger charge is 2.01. The Morgan fingerprint density at radius 1 is 1.27 bits per heavy atom. The van der Waals surface area contributed by atoms with Crippen LogP contribution in [0.4, 0.5) is 11.5 Å². The number of nitrogens with zero attached hydrogens (tertiary/aromatic N) is 4. The molecule has 5 heteroatoms. The lowest BCUT2D eigenvalue weighted by atomic mass is 10.4. The minimum atomic E-state index is 0.363. The third kappa shape index (κ3) is 2.31. The van der Waals surface area contributed by atoms with Crippen molar-refractivity contribution >= 4 is 11.5 Å². The molecular weight excluding hydrogens is 190 g/mol. The Morgan fingerprint density at radius 2 is 2.13 bits per heavy atom. The van der Waals surface area contributed by atoms with Gasteiger partial charge < -0.3 is 5.32 Å². The Hall–Kier alpha value is -1.91. The third-order valence-corrected chi connectivity index (χ3v) is 1.97. The summed E-state index contributed by atoms with van der Waals surface area (Å²) in [6, 6.07) is 0.363. The zero-order valence-corrected chi connectivity index (χ0v) is 8.75. The fourth-order valence-corrected chi connectivity index (χ4v) is 1.20. The lowest BCUT2D eigenvalue weighted by Gasteiger charge is -2.03. The van der Waals surface area contributed by atoms with Crippen molar-refractivity contribution in [2.24, 2.45) is 0 Å². The van der Waals surface area contributed by atoms with E-state index in [-0.39, 0.29) is 0 Å². The van der Waals surface area contributed by atoms with Crippen LogP contribution in [0.15, 0.2) is 31.0 Å². The van der Waals surface area contributed by atoms with Crippen LogP contribution >= 0.6 is 0 Å². The molecule has 2 aromatic rings. The lowest BCUT2D eigenvalue weighted by molar-refractivity contribution is 0.532. The van der Waals surface area contributed by atoms with E-state index in [9.17, 15) is 0 Å². The first-order valence-corrected chi connectivity index (χ1v) is 4.83. The number of hydrogen-bond donors (Lipinski definition) is 1. The molecule has 0 amide bonds. The molecule has 2 rings (SSSR count). The average molecular weight is 203 g/mol. The first-order valence-electron chi connectivity index (χ1n) is 4.83. The van der Waals surface area contributed by atoms with Gasteiger partial charge in [-0.15, -0.1) is 0 Å². The monoisotopic (exact) mass is 203 g/mol. The molecule has 5 nitrogen and oxygen atoms in total. The SMILES string of the molecule is CC(C)n1cc(Nc2cnccn2)cn1. The van der Waals surface area contributed by atoms with Crippen molar-refractivity contribution in [3.63, 3.8) is 0 Å². The van der Waals surface area contributed by atoms with E-state index in [1.54, 1.807) is 24.8 Å². The largest absolute Gasteiger partial charge is 0.336 e. The maximum atomic E-state index is 4.22. The summed E-state index contributed by atoms with van der Waals surface area (Å²) in [6.45, 7) is 4.16. The summed E-state index contributed by atoms with van der Waals surface area (Å²) in [7, 11) is 0. The van der Waals surface area contributed by atoms with Crippen LogP contribution in [0.5, 0.6) is 0 Å². The van der Waals surface area contributed by atoms with Crippen LogP contribution in [0.3, 0.4) is 0 Å².